The van der Waals surface area contributed by atoms with E-state index in [4.69, 9.17) is 11.6 Å². The molecule has 2 aliphatic heterocycles. The number of rotatable bonds is 4. The summed E-state index contributed by atoms with van der Waals surface area (Å²) < 4.78 is 13.1. The van der Waals surface area contributed by atoms with Gasteiger partial charge in [-0.2, -0.15) is 0 Å². The number of likely N-dealkylation sites (tertiary alicyclic amines) is 1. The van der Waals surface area contributed by atoms with E-state index in [0.29, 0.717) is 42.9 Å². The van der Waals surface area contributed by atoms with Crippen LogP contribution in [0.4, 0.5) is 4.39 Å². The van der Waals surface area contributed by atoms with Crippen molar-refractivity contribution in [2.24, 2.45) is 0 Å². The molecule has 2 heterocycles. The van der Waals surface area contributed by atoms with Crippen molar-refractivity contribution in [2.45, 2.75) is 37.4 Å². The second-order valence-electron chi connectivity index (χ2n) is 7.76. The van der Waals surface area contributed by atoms with Gasteiger partial charge in [0.15, 0.2) is 0 Å². The fourth-order valence-electron chi connectivity index (χ4n) is 3.97. The number of benzene rings is 2. The maximum absolute atomic E-state index is 13.1. The number of halogens is 2. The molecule has 2 aromatic rings. The Morgan fingerprint density at radius 2 is 1.67 bits per heavy atom. The van der Waals surface area contributed by atoms with Gasteiger partial charge in [0.1, 0.15) is 11.9 Å². The van der Waals surface area contributed by atoms with Crippen molar-refractivity contribution in [3.63, 3.8) is 0 Å². The Hall–Kier alpha value is -2.48. The standard InChI is InChI=1S/C22H24ClFN4O2/c23-16-5-1-15(2-6-16)21(29)25-18-9-11-28(12-10-18)22(30)20-13-19(26-27-20)14-3-7-17(24)8-4-14/h1-8,18-20,26-27H,9-13H2,(H,25,29). The summed E-state index contributed by atoms with van der Waals surface area (Å²) in [7, 11) is 0. The molecule has 0 aromatic heterocycles. The molecule has 2 fully saturated rings. The van der Waals surface area contributed by atoms with Crippen molar-refractivity contribution < 1.29 is 14.0 Å². The number of hydrogen-bond acceptors (Lipinski definition) is 4. The third-order valence-electron chi connectivity index (χ3n) is 5.72. The summed E-state index contributed by atoms with van der Waals surface area (Å²) in [6.45, 7) is 1.20. The van der Waals surface area contributed by atoms with Gasteiger partial charge in [0.25, 0.3) is 5.91 Å². The van der Waals surface area contributed by atoms with Crippen LogP contribution in [0, 0.1) is 5.82 Å². The van der Waals surface area contributed by atoms with E-state index in [-0.39, 0.29) is 35.8 Å². The van der Waals surface area contributed by atoms with Gasteiger partial charge in [-0.05, 0) is 61.2 Å². The second-order valence-corrected chi connectivity index (χ2v) is 8.20. The summed E-state index contributed by atoms with van der Waals surface area (Å²) in [5.41, 5.74) is 7.73. The number of carbonyl (C=O) groups excluding carboxylic acids is 2. The molecular formula is C22H24ClFN4O2. The minimum Gasteiger partial charge on any atom is -0.349 e. The number of nitrogens with zero attached hydrogens (tertiary/aromatic N) is 1. The zero-order valence-corrected chi connectivity index (χ0v) is 17.2. The lowest BCUT2D eigenvalue weighted by molar-refractivity contribution is -0.134. The van der Waals surface area contributed by atoms with Crippen LogP contribution in [0.5, 0.6) is 0 Å². The molecule has 2 unspecified atom stereocenters. The van der Waals surface area contributed by atoms with E-state index < -0.39 is 0 Å². The molecule has 0 saturated carbocycles. The van der Waals surface area contributed by atoms with Crippen molar-refractivity contribution in [1.29, 1.82) is 0 Å². The third-order valence-corrected chi connectivity index (χ3v) is 5.97. The highest BCUT2D eigenvalue weighted by molar-refractivity contribution is 6.30. The molecule has 0 spiro atoms. The van der Waals surface area contributed by atoms with Crippen LogP contribution in [0.2, 0.25) is 5.02 Å². The number of carbonyl (C=O) groups is 2. The molecule has 0 radical (unpaired) electrons. The molecule has 2 atom stereocenters. The van der Waals surface area contributed by atoms with E-state index >= 15 is 0 Å². The van der Waals surface area contributed by atoms with Gasteiger partial charge in [0.2, 0.25) is 5.91 Å². The monoisotopic (exact) mass is 430 g/mol. The molecule has 8 heteroatoms. The number of hydrazine groups is 1. The molecule has 2 aromatic carbocycles. The normalized spacial score (nSPS) is 22.1. The molecule has 0 aliphatic carbocycles. The van der Waals surface area contributed by atoms with Crippen molar-refractivity contribution in [1.82, 2.24) is 21.1 Å². The van der Waals surface area contributed by atoms with Crippen LogP contribution in [0.15, 0.2) is 48.5 Å². The fourth-order valence-corrected chi connectivity index (χ4v) is 4.09. The van der Waals surface area contributed by atoms with Gasteiger partial charge in [-0.15, -0.1) is 0 Å². The Kier molecular flexibility index (Phi) is 6.32. The predicted octanol–water partition coefficient (Wildman–Crippen LogP) is 2.81. The van der Waals surface area contributed by atoms with E-state index in [2.05, 4.69) is 16.2 Å². The molecule has 2 amide bonds. The number of hydrogen-bond donors (Lipinski definition) is 3. The maximum atomic E-state index is 13.1. The lowest BCUT2D eigenvalue weighted by Crippen LogP contribution is -2.51. The maximum Gasteiger partial charge on any atom is 0.251 e. The van der Waals surface area contributed by atoms with E-state index in [1.807, 2.05) is 4.90 Å². The molecule has 3 N–H and O–H groups in total. The predicted molar refractivity (Wildman–Crippen MR) is 112 cm³/mol. The average molecular weight is 431 g/mol. The van der Waals surface area contributed by atoms with Gasteiger partial charge in [-0.3, -0.25) is 9.59 Å². The van der Waals surface area contributed by atoms with Crippen LogP contribution in [0.25, 0.3) is 0 Å². The van der Waals surface area contributed by atoms with Crippen LogP contribution < -0.4 is 16.2 Å². The quantitative estimate of drug-likeness (QED) is 0.697. The largest absolute Gasteiger partial charge is 0.349 e. The van der Waals surface area contributed by atoms with E-state index in [1.165, 1.54) is 12.1 Å². The first-order valence-electron chi connectivity index (χ1n) is 10.1. The molecule has 4 rings (SSSR count). The van der Waals surface area contributed by atoms with E-state index in [0.717, 1.165) is 5.56 Å². The molecule has 6 nitrogen and oxygen atoms in total. The van der Waals surface area contributed by atoms with Crippen molar-refractivity contribution >= 4 is 23.4 Å². The summed E-state index contributed by atoms with van der Waals surface area (Å²) in [5, 5.41) is 3.63. The zero-order chi connectivity index (χ0) is 21.1. The van der Waals surface area contributed by atoms with Crippen LogP contribution in [0.1, 0.15) is 41.2 Å². The molecular weight excluding hydrogens is 407 g/mol. The fraction of sp³-hybridized carbons (Fsp3) is 0.364. The lowest BCUT2D eigenvalue weighted by atomic mass is 9.99. The van der Waals surface area contributed by atoms with Gasteiger partial charge >= 0.3 is 0 Å². The summed E-state index contributed by atoms with van der Waals surface area (Å²) in [6.07, 6.45) is 2.04. The second kappa shape index (κ2) is 9.12. The summed E-state index contributed by atoms with van der Waals surface area (Å²) in [4.78, 5) is 27.1. The number of amides is 2. The van der Waals surface area contributed by atoms with Crippen LogP contribution >= 0.6 is 11.6 Å². The molecule has 2 saturated heterocycles. The Bertz CT molecular complexity index is 898. The highest BCUT2D eigenvalue weighted by atomic mass is 35.5. The molecule has 0 bridgehead atoms. The van der Waals surface area contributed by atoms with Crippen LogP contribution in [0.3, 0.4) is 0 Å². The summed E-state index contributed by atoms with van der Waals surface area (Å²) in [6, 6.07) is 12.8. The highest BCUT2D eigenvalue weighted by Gasteiger charge is 2.34. The summed E-state index contributed by atoms with van der Waals surface area (Å²) >= 11 is 5.86. The Balaban J connectivity index is 1.26. The lowest BCUT2D eigenvalue weighted by Gasteiger charge is -2.33. The highest BCUT2D eigenvalue weighted by Crippen LogP contribution is 2.24. The average Bonchev–Trinajstić information content (AvgIpc) is 3.25. The van der Waals surface area contributed by atoms with Gasteiger partial charge in [0, 0.05) is 35.8 Å². The number of piperidine rings is 1. The first-order valence-corrected chi connectivity index (χ1v) is 10.5. The van der Waals surface area contributed by atoms with Gasteiger partial charge < -0.3 is 10.2 Å². The Morgan fingerprint density at radius 1 is 1.00 bits per heavy atom. The van der Waals surface area contributed by atoms with Crippen molar-refractivity contribution in [3.05, 3.63) is 70.5 Å². The van der Waals surface area contributed by atoms with Gasteiger partial charge in [0.05, 0.1) is 0 Å². The Morgan fingerprint density at radius 3 is 2.33 bits per heavy atom. The third kappa shape index (κ3) is 4.80. The van der Waals surface area contributed by atoms with E-state index in [1.54, 1.807) is 36.4 Å². The van der Waals surface area contributed by atoms with Crippen LogP contribution in [-0.4, -0.2) is 41.9 Å². The Labute approximate surface area is 179 Å². The smallest absolute Gasteiger partial charge is 0.251 e. The van der Waals surface area contributed by atoms with Crippen molar-refractivity contribution in [2.75, 3.05) is 13.1 Å². The minimum absolute atomic E-state index is 0.0317. The topological polar surface area (TPSA) is 73.5 Å². The SMILES string of the molecule is O=C(NC1CCN(C(=O)C2CC(c3ccc(F)cc3)NN2)CC1)c1ccc(Cl)cc1. The zero-order valence-electron chi connectivity index (χ0n) is 16.4. The van der Waals surface area contributed by atoms with Crippen molar-refractivity contribution in [3.8, 4) is 0 Å². The van der Waals surface area contributed by atoms with E-state index in [9.17, 15) is 14.0 Å². The molecule has 30 heavy (non-hydrogen) atoms. The summed E-state index contributed by atoms with van der Waals surface area (Å²) in [5.74, 6) is -0.349. The molecule has 158 valence electrons. The van der Waals surface area contributed by atoms with Crippen LogP contribution in [-0.2, 0) is 4.79 Å². The first-order chi connectivity index (χ1) is 14.5. The van der Waals surface area contributed by atoms with Gasteiger partial charge in [-0.1, -0.05) is 23.7 Å². The number of nitrogens with one attached hydrogen (secondary N) is 3. The minimum atomic E-state index is -0.319. The van der Waals surface area contributed by atoms with Gasteiger partial charge in [-0.25, -0.2) is 15.2 Å². The first kappa shape index (κ1) is 20.8. The molecule has 2 aliphatic rings.